The average Bonchev–Trinajstić information content (AvgIpc) is 2.96. The molecule has 2 heterocycles. The highest BCUT2D eigenvalue weighted by Gasteiger charge is 2.17. The van der Waals surface area contributed by atoms with Crippen LogP contribution in [0.1, 0.15) is 42.6 Å². The Morgan fingerprint density at radius 3 is 2.43 bits per heavy atom. The molecule has 0 radical (unpaired) electrons. The quantitative estimate of drug-likeness (QED) is 0.279. The summed E-state index contributed by atoms with van der Waals surface area (Å²) in [6.45, 7) is 10.3. The van der Waals surface area contributed by atoms with E-state index >= 15 is 0 Å². The molecular formula is C31H33N3O3. The highest BCUT2D eigenvalue weighted by atomic mass is 16.5. The van der Waals surface area contributed by atoms with Crippen molar-refractivity contribution in [1.82, 2.24) is 15.3 Å². The largest absolute Gasteiger partial charge is 0.486 e. The predicted octanol–water partition coefficient (Wildman–Crippen LogP) is 6.27. The van der Waals surface area contributed by atoms with Crippen molar-refractivity contribution in [2.45, 2.75) is 26.7 Å². The van der Waals surface area contributed by atoms with Gasteiger partial charge in [-0.2, -0.15) is 0 Å². The van der Waals surface area contributed by atoms with Crippen molar-refractivity contribution in [2.24, 2.45) is 0 Å². The van der Waals surface area contributed by atoms with Gasteiger partial charge < -0.3 is 14.8 Å². The minimum Gasteiger partial charge on any atom is -0.486 e. The fraction of sp³-hybridized carbons (Fsp3) is 0.258. The Morgan fingerprint density at radius 2 is 1.78 bits per heavy atom. The number of ether oxygens (including phenoxy) is 2. The van der Waals surface area contributed by atoms with Crippen molar-refractivity contribution in [2.75, 3.05) is 26.8 Å². The van der Waals surface area contributed by atoms with E-state index in [1.165, 1.54) is 7.11 Å². The second-order valence-corrected chi connectivity index (χ2v) is 8.94. The molecule has 37 heavy (non-hydrogen) atoms. The van der Waals surface area contributed by atoms with E-state index in [0.29, 0.717) is 23.7 Å². The first kappa shape index (κ1) is 26.0. The number of hydrogen-bond acceptors (Lipinski definition) is 6. The van der Waals surface area contributed by atoms with Gasteiger partial charge in [-0.05, 0) is 71.9 Å². The lowest BCUT2D eigenvalue weighted by molar-refractivity contribution is 0.0600. The molecule has 6 heteroatoms. The number of hydrogen-bond donors (Lipinski definition) is 1. The Kier molecular flexibility index (Phi) is 8.64. The van der Waals surface area contributed by atoms with E-state index in [1.807, 2.05) is 43.3 Å². The molecule has 0 atom stereocenters. The first-order valence-corrected chi connectivity index (χ1v) is 12.5. The highest BCUT2D eigenvalue weighted by Crippen LogP contribution is 2.31. The number of methoxy groups -OCH3 is 1. The molecule has 3 aromatic rings. The van der Waals surface area contributed by atoms with Crippen LogP contribution in [0.15, 0.2) is 84.7 Å². The summed E-state index contributed by atoms with van der Waals surface area (Å²) in [6.07, 6.45) is 9.49. The summed E-state index contributed by atoms with van der Waals surface area (Å²) in [4.78, 5) is 21.3. The number of carbonyl (C=O) groups excluding carboxylic acids is 1. The van der Waals surface area contributed by atoms with Gasteiger partial charge in [0.1, 0.15) is 6.61 Å². The van der Waals surface area contributed by atoms with Crippen molar-refractivity contribution < 1.29 is 14.3 Å². The molecule has 0 spiro atoms. The minimum absolute atomic E-state index is 0.322. The van der Waals surface area contributed by atoms with Crippen LogP contribution in [0.2, 0.25) is 0 Å². The van der Waals surface area contributed by atoms with Gasteiger partial charge in [0.25, 0.3) is 0 Å². The monoisotopic (exact) mass is 495 g/mol. The van der Waals surface area contributed by atoms with Crippen LogP contribution >= 0.6 is 0 Å². The molecule has 1 aromatic heterocycles. The van der Waals surface area contributed by atoms with Crippen LogP contribution in [0.25, 0.3) is 28.1 Å². The molecule has 190 valence electrons. The standard InChI is InChI=1S/C31H33N3O3/c1-5-6-21(2)22(3)20-37-27-18-33-30(34-19-27)25-9-7-23(8-10-25)26-11-12-28(31(35)36-4)29(17-26)24-13-15-32-16-14-24/h6-13,17-19,32H,3,5,14-16,20H2,1-2,4H3/b21-6-. The van der Waals surface area contributed by atoms with Gasteiger partial charge in [0.2, 0.25) is 0 Å². The molecule has 1 aliphatic heterocycles. The van der Waals surface area contributed by atoms with Crippen molar-refractivity contribution in [3.05, 3.63) is 95.9 Å². The van der Waals surface area contributed by atoms with Gasteiger partial charge in [0.05, 0.1) is 25.1 Å². The predicted molar refractivity (Wildman–Crippen MR) is 148 cm³/mol. The zero-order chi connectivity index (χ0) is 26.2. The van der Waals surface area contributed by atoms with Crippen LogP contribution in [-0.4, -0.2) is 42.7 Å². The molecule has 0 fully saturated rings. The molecule has 2 aromatic carbocycles. The minimum atomic E-state index is -0.322. The topological polar surface area (TPSA) is 73.3 Å². The molecule has 0 bridgehead atoms. The van der Waals surface area contributed by atoms with Crippen molar-refractivity contribution in [3.63, 3.8) is 0 Å². The summed E-state index contributed by atoms with van der Waals surface area (Å²) >= 11 is 0. The third kappa shape index (κ3) is 6.40. The van der Waals surface area contributed by atoms with E-state index in [-0.39, 0.29) is 5.97 Å². The first-order valence-electron chi connectivity index (χ1n) is 12.5. The lowest BCUT2D eigenvalue weighted by Crippen LogP contribution is -2.20. The second kappa shape index (κ2) is 12.3. The van der Waals surface area contributed by atoms with Crippen molar-refractivity contribution in [1.29, 1.82) is 0 Å². The average molecular weight is 496 g/mol. The van der Waals surface area contributed by atoms with E-state index in [1.54, 1.807) is 12.4 Å². The number of esters is 1. The molecule has 1 N–H and O–H groups in total. The Morgan fingerprint density at radius 1 is 1.08 bits per heavy atom. The maximum absolute atomic E-state index is 12.4. The van der Waals surface area contributed by atoms with E-state index in [9.17, 15) is 4.79 Å². The van der Waals surface area contributed by atoms with Crippen LogP contribution in [0, 0.1) is 0 Å². The Labute approximate surface area is 218 Å². The fourth-order valence-electron chi connectivity index (χ4n) is 4.23. The lowest BCUT2D eigenvalue weighted by atomic mass is 9.91. The van der Waals surface area contributed by atoms with Crippen molar-refractivity contribution in [3.8, 4) is 28.3 Å². The van der Waals surface area contributed by atoms with Gasteiger partial charge >= 0.3 is 5.97 Å². The zero-order valence-corrected chi connectivity index (χ0v) is 21.7. The van der Waals surface area contributed by atoms with Gasteiger partial charge in [-0.15, -0.1) is 0 Å². The van der Waals surface area contributed by atoms with E-state index in [0.717, 1.165) is 64.9 Å². The number of nitrogens with one attached hydrogen (secondary N) is 1. The van der Waals surface area contributed by atoms with Crippen molar-refractivity contribution >= 4 is 11.5 Å². The Hall–Kier alpha value is -4.03. The summed E-state index contributed by atoms with van der Waals surface area (Å²) < 4.78 is 10.8. The zero-order valence-electron chi connectivity index (χ0n) is 21.7. The van der Waals surface area contributed by atoms with Crippen LogP contribution in [-0.2, 0) is 4.74 Å². The molecule has 0 saturated heterocycles. The van der Waals surface area contributed by atoms with Gasteiger partial charge in [0, 0.05) is 12.1 Å². The molecule has 6 nitrogen and oxygen atoms in total. The molecular weight excluding hydrogens is 462 g/mol. The Bertz CT molecular complexity index is 1320. The second-order valence-electron chi connectivity index (χ2n) is 8.94. The summed E-state index contributed by atoms with van der Waals surface area (Å²) in [6, 6.07) is 14.0. The van der Waals surface area contributed by atoms with Gasteiger partial charge in [-0.25, -0.2) is 14.8 Å². The Balaban J connectivity index is 1.50. The van der Waals surface area contributed by atoms with E-state index in [2.05, 4.69) is 47.0 Å². The van der Waals surface area contributed by atoms with Crippen LogP contribution in [0.4, 0.5) is 0 Å². The molecule has 0 unspecified atom stereocenters. The molecule has 0 aliphatic carbocycles. The normalized spacial score (nSPS) is 13.6. The summed E-state index contributed by atoms with van der Waals surface area (Å²) in [5.74, 6) is 0.912. The number of nitrogens with zero attached hydrogens (tertiary/aromatic N) is 2. The molecule has 1 aliphatic rings. The summed E-state index contributed by atoms with van der Waals surface area (Å²) in [5.41, 5.74) is 7.75. The number of benzene rings is 2. The van der Waals surface area contributed by atoms with Crippen LogP contribution in [0.3, 0.4) is 0 Å². The van der Waals surface area contributed by atoms with Gasteiger partial charge in [0.15, 0.2) is 11.6 Å². The summed E-state index contributed by atoms with van der Waals surface area (Å²) in [5, 5.41) is 3.32. The number of carbonyl (C=O) groups is 1. The van der Waals surface area contributed by atoms with E-state index in [4.69, 9.17) is 9.47 Å². The van der Waals surface area contributed by atoms with Crippen LogP contribution in [0.5, 0.6) is 5.75 Å². The third-order valence-electron chi connectivity index (χ3n) is 6.42. The number of rotatable bonds is 9. The summed E-state index contributed by atoms with van der Waals surface area (Å²) in [7, 11) is 1.42. The maximum atomic E-state index is 12.4. The van der Waals surface area contributed by atoms with E-state index < -0.39 is 0 Å². The SMILES string of the molecule is C=C(COc1cnc(-c2ccc(-c3ccc(C(=O)OC)c(C4=CCNCC4)c3)cc2)nc1)/C(C)=C\CC. The fourth-order valence-corrected chi connectivity index (χ4v) is 4.23. The number of allylic oxidation sites excluding steroid dienone is 1. The highest BCUT2D eigenvalue weighted by molar-refractivity contribution is 5.96. The van der Waals surface area contributed by atoms with Gasteiger partial charge in [-0.3, -0.25) is 0 Å². The maximum Gasteiger partial charge on any atom is 0.338 e. The lowest BCUT2D eigenvalue weighted by Gasteiger charge is -2.18. The molecule has 4 rings (SSSR count). The molecule has 0 saturated carbocycles. The third-order valence-corrected chi connectivity index (χ3v) is 6.42. The smallest absolute Gasteiger partial charge is 0.338 e. The molecule has 0 amide bonds. The van der Waals surface area contributed by atoms with Crippen LogP contribution < -0.4 is 10.1 Å². The number of aromatic nitrogens is 2. The van der Waals surface area contributed by atoms with Gasteiger partial charge in [-0.1, -0.05) is 56.0 Å². The first-order chi connectivity index (χ1) is 18.0.